The van der Waals surface area contributed by atoms with Crippen molar-refractivity contribution in [3.63, 3.8) is 0 Å². The van der Waals surface area contributed by atoms with E-state index in [4.69, 9.17) is 19.3 Å². The number of hydrazone groups is 1. The number of ether oxygens (including phenoxy) is 3. The van der Waals surface area contributed by atoms with Crippen LogP contribution in [-0.4, -0.2) is 24.9 Å². The molecule has 0 spiro atoms. The number of hydrogen-bond acceptors (Lipinski definition) is 5. The maximum absolute atomic E-state index is 13.9. The van der Waals surface area contributed by atoms with Crippen molar-refractivity contribution in [1.82, 2.24) is 5.01 Å². The van der Waals surface area contributed by atoms with Crippen molar-refractivity contribution in [2.75, 3.05) is 14.2 Å². The number of para-hydroxylation sites is 1. The molecule has 2 atom stereocenters. The van der Waals surface area contributed by atoms with Gasteiger partial charge in [0.2, 0.25) is 6.23 Å². The summed E-state index contributed by atoms with van der Waals surface area (Å²) in [6.45, 7) is 0. The van der Waals surface area contributed by atoms with Gasteiger partial charge in [0.1, 0.15) is 11.6 Å². The van der Waals surface area contributed by atoms with Crippen LogP contribution in [0.1, 0.15) is 35.4 Å². The van der Waals surface area contributed by atoms with E-state index in [1.807, 2.05) is 47.5 Å². The number of rotatable bonds is 4. The van der Waals surface area contributed by atoms with Crippen molar-refractivity contribution in [3.8, 4) is 17.2 Å². The van der Waals surface area contributed by atoms with Crippen molar-refractivity contribution in [1.29, 1.82) is 0 Å². The summed E-state index contributed by atoms with van der Waals surface area (Å²) < 4.78 is 31.0. The summed E-state index contributed by atoms with van der Waals surface area (Å²) in [5.74, 6) is 1.83. The average molecular weight is 404 g/mol. The van der Waals surface area contributed by atoms with E-state index in [2.05, 4.69) is 6.07 Å². The number of nitrogens with zero attached hydrogens (tertiary/aromatic N) is 2. The van der Waals surface area contributed by atoms with E-state index in [0.29, 0.717) is 17.9 Å². The van der Waals surface area contributed by atoms with Gasteiger partial charge in [0.25, 0.3) is 0 Å². The standard InChI is InChI=1S/C24H21FN2O3/c1-28-22-11-10-15(13-23(22)29-2)19-14-20-18-8-3-4-9-21(18)30-24(27(20)26-19)16-6-5-7-17(25)12-16/h3-13,20,24H,14H2,1-2H3/t20-,24+/m0/s1. The van der Waals surface area contributed by atoms with Crippen LogP contribution in [0.25, 0.3) is 0 Å². The van der Waals surface area contributed by atoms with Crippen LogP contribution in [0.2, 0.25) is 0 Å². The normalized spacial score (nSPS) is 19.4. The summed E-state index contributed by atoms with van der Waals surface area (Å²) in [6, 6.07) is 20.2. The SMILES string of the molecule is COc1ccc(C2=NN3[C@@H](c4cccc(F)c4)Oc4ccccc4[C@@H]3C2)cc1OC. The Bertz CT molecular complexity index is 1130. The molecule has 0 aliphatic carbocycles. The highest BCUT2D eigenvalue weighted by atomic mass is 19.1. The first kappa shape index (κ1) is 18.5. The third-order valence-electron chi connectivity index (χ3n) is 5.55. The molecule has 0 saturated heterocycles. The molecule has 0 aromatic heterocycles. The van der Waals surface area contributed by atoms with E-state index in [-0.39, 0.29) is 11.9 Å². The maximum Gasteiger partial charge on any atom is 0.213 e. The lowest BCUT2D eigenvalue weighted by Crippen LogP contribution is -2.33. The van der Waals surface area contributed by atoms with Crippen LogP contribution in [0, 0.1) is 5.82 Å². The molecule has 0 radical (unpaired) electrons. The van der Waals surface area contributed by atoms with Crippen LogP contribution in [-0.2, 0) is 0 Å². The Morgan fingerprint density at radius 3 is 2.60 bits per heavy atom. The van der Waals surface area contributed by atoms with Gasteiger partial charge in [-0.3, -0.25) is 0 Å². The number of methoxy groups -OCH3 is 2. The highest BCUT2D eigenvalue weighted by molar-refractivity contribution is 6.02. The zero-order valence-corrected chi connectivity index (χ0v) is 16.7. The van der Waals surface area contributed by atoms with Gasteiger partial charge < -0.3 is 14.2 Å². The van der Waals surface area contributed by atoms with Gasteiger partial charge in [-0.25, -0.2) is 9.40 Å². The highest BCUT2D eigenvalue weighted by Crippen LogP contribution is 2.47. The molecule has 5 rings (SSSR count). The molecular weight excluding hydrogens is 383 g/mol. The van der Waals surface area contributed by atoms with Crippen molar-refractivity contribution in [2.24, 2.45) is 5.10 Å². The fourth-order valence-electron chi connectivity index (χ4n) is 4.10. The highest BCUT2D eigenvalue weighted by Gasteiger charge is 2.41. The molecule has 3 aromatic rings. The van der Waals surface area contributed by atoms with Gasteiger partial charge in [-0.1, -0.05) is 30.3 Å². The first-order chi connectivity index (χ1) is 14.7. The molecule has 6 heteroatoms. The Balaban J connectivity index is 1.58. The summed E-state index contributed by atoms with van der Waals surface area (Å²) >= 11 is 0. The van der Waals surface area contributed by atoms with Crippen molar-refractivity contribution in [2.45, 2.75) is 18.7 Å². The minimum Gasteiger partial charge on any atom is -0.493 e. The Hall–Kier alpha value is -3.54. The monoisotopic (exact) mass is 404 g/mol. The molecule has 2 aliphatic heterocycles. The van der Waals surface area contributed by atoms with E-state index >= 15 is 0 Å². The summed E-state index contributed by atoms with van der Waals surface area (Å²) in [4.78, 5) is 0. The second-order valence-electron chi connectivity index (χ2n) is 7.28. The number of halogens is 1. The lowest BCUT2D eigenvalue weighted by Gasteiger charge is -2.38. The van der Waals surface area contributed by atoms with E-state index in [9.17, 15) is 4.39 Å². The van der Waals surface area contributed by atoms with Gasteiger partial charge >= 0.3 is 0 Å². The lowest BCUT2D eigenvalue weighted by atomic mass is 9.96. The van der Waals surface area contributed by atoms with E-state index in [1.165, 1.54) is 12.1 Å². The predicted octanol–water partition coefficient (Wildman–Crippen LogP) is 5.09. The largest absolute Gasteiger partial charge is 0.493 e. The van der Waals surface area contributed by atoms with Crippen LogP contribution >= 0.6 is 0 Å². The zero-order chi connectivity index (χ0) is 20.7. The van der Waals surface area contributed by atoms with Crippen LogP contribution in [0.4, 0.5) is 4.39 Å². The molecule has 0 amide bonds. The number of fused-ring (bicyclic) bond motifs is 3. The van der Waals surface area contributed by atoms with E-state index < -0.39 is 6.23 Å². The topological polar surface area (TPSA) is 43.3 Å². The summed E-state index contributed by atoms with van der Waals surface area (Å²) in [5, 5.41) is 6.84. The minimum absolute atomic E-state index is 0.00585. The van der Waals surface area contributed by atoms with Crippen molar-refractivity contribution >= 4 is 5.71 Å². The molecule has 3 aromatic carbocycles. The summed E-state index contributed by atoms with van der Waals surface area (Å²) in [6.07, 6.45) is 0.208. The molecule has 0 unspecified atom stereocenters. The van der Waals surface area contributed by atoms with Gasteiger partial charge in [0.05, 0.1) is 26.0 Å². The molecule has 0 bridgehead atoms. The molecule has 2 aliphatic rings. The van der Waals surface area contributed by atoms with Gasteiger partial charge in [0, 0.05) is 23.1 Å². The molecule has 0 saturated carbocycles. The molecule has 5 nitrogen and oxygen atoms in total. The van der Waals surface area contributed by atoms with E-state index in [1.54, 1.807) is 20.3 Å². The maximum atomic E-state index is 13.9. The van der Waals surface area contributed by atoms with Gasteiger partial charge in [-0.05, 0) is 36.4 Å². The molecule has 2 heterocycles. The molecule has 30 heavy (non-hydrogen) atoms. The van der Waals surface area contributed by atoms with Crippen molar-refractivity contribution < 1.29 is 18.6 Å². The fourth-order valence-corrected chi connectivity index (χ4v) is 4.10. The van der Waals surface area contributed by atoms with E-state index in [0.717, 1.165) is 28.2 Å². The lowest BCUT2D eigenvalue weighted by molar-refractivity contribution is -0.0192. The summed E-state index contributed by atoms with van der Waals surface area (Å²) in [5.41, 5.74) is 3.68. The fraction of sp³-hybridized carbons (Fsp3) is 0.208. The number of benzene rings is 3. The molecule has 0 N–H and O–H groups in total. The smallest absolute Gasteiger partial charge is 0.213 e. The van der Waals surface area contributed by atoms with Gasteiger partial charge in [0.15, 0.2) is 11.5 Å². The second kappa shape index (κ2) is 7.37. The zero-order valence-electron chi connectivity index (χ0n) is 16.7. The van der Waals surface area contributed by atoms with Crippen LogP contribution in [0.5, 0.6) is 17.2 Å². The summed E-state index contributed by atoms with van der Waals surface area (Å²) in [7, 11) is 3.23. The first-order valence-corrected chi connectivity index (χ1v) is 9.77. The quantitative estimate of drug-likeness (QED) is 0.608. The van der Waals surface area contributed by atoms with Gasteiger partial charge in [-0.2, -0.15) is 5.10 Å². The van der Waals surface area contributed by atoms with Crippen molar-refractivity contribution in [3.05, 3.63) is 89.2 Å². The van der Waals surface area contributed by atoms with Crippen LogP contribution < -0.4 is 14.2 Å². The third-order valence-corrected chi connectivity index (χ3v) is 5.55. The van der Waals surface area contributed by atoms with Crippen LogP contribution in [0.3, 0.4) is 0 Å². The Morgan fingerprint density at radius 2 is 1.80 bits per heavy atom. The Labute approximate surface area is 174 Å². The minimum atomic E-state index is -0.502. The number of hydrogen-bond donors (Lipinski definition) is 0. The predicted molar refractivity (Wildman–Crippen MR) is 111 cm³/mol. The van der Waals surface area contributed by atoms with Gasteiger partial charge in [-0.15, -0.1) is 0 Å². The average Bonchev–Trinajstić information content (AvgIpc) is 3.24. The third kappa shape index (κ3) is 3.05. The first-order valence-electron chi connectivity index (χ1n) is 9.77. The van der Waals surface area contributed by atoms with Crippen LogP contribution in [0.15, 0.2) is 71.8 Å². The Morgan fingerprint density at radius 1 is 0.967 bits per heavy atom. The molecule has 152 valence electrons. The molecular formula is C24H21FN2O3. The Kier molecular flexibility index (Phi) is 4.54. The molecule has 0 fully saturated rings. The second-order valence-corrected chi connectivity index (χ2v) is 7.28.